The minimum absolute atomic E-state index is 0.00332. The van der Waals surface area contributed by atoms with Crippen molar-refractivity contribution in [3.63, 3.8) is 0 Å². The predicted octanol–water partition coefficient (Wildman–Crippen LogP) is 4.71. The number of benzene rings is 1. The zero-order valence-electron chi connectivity index (χ0n) is 25.3. The number of esters is 1. The molecule has 3 saturated carbocycles. The zero-order chi connectivity index (χ0) is 31.2. The third-order valence-corrected chi connectivity index (χ3v) is 12.2. The number of aromatic nitrogens is 1. The Balaban J connectivity index is 1.26. The van der Waals surface area contributed by atoms with E-state index in [4.69, 9.17) is 9.72 Å². The second-order valence-corrected chi connectivity index (χ2v) is 14.1. The first-order chi connectivity index (χ1) is 20.8. The molecule has 1 N–H and O–H groups in total. The van der Waals surface area contributed by atoms with Gasteiger partial charge < -0.3 is 9.84 Å². The molecule has 232 valence electrons. The lowest BCUT2D eigenvalue weighted by atomic mass is 9.43. The van der Waals surface area contributed by atoms with E-state index in [0.29, 0.717) is 26.1 Å². The molecule has 1 saturated heterocycles. The number of hydrogen-bond donors (Lipinski definition) is 1. The van der Waals surface area contributed by atoms with Crippen molar-refractivity contribution in [2.45, 2.75) is 64.5 Å². The molecule has 5 aliphatic rings. The number of carbonyl (C=O) groups is 3. The van der Waals surface area contributed by atoms with Crippen LogP contribution < -0.4 is 0 Å². The molecule has 2 heterocycles. The van der Waals surface area contributed by atoms with Crippen LogP contribution in [0, 0.1) is 34.0 Å². The first-order valence-electron chi connectivity index (χ1n) is 15.5. The number of para-hydroxylation sites is 1. The summed E-state index contributed by atoms with van der Waals surface area (Å²) in [5, 5.41) is 12.8. The van der Waals surface area contributed by atoms with Crippen LogP contribution in [0.5, 0.6) is 0 Å². The minimum Gasteiger partial charge on any atom is -0.458 e. The van der Waals surface area contributed by atoms with Gasteiger partial charge in [-0.05, 0) is 73.3 Å². The van der Waals surface area contributed by atoms with E-state index in [9.17, 15) is 19.5 Å². The van der Waals surface area contributed by atoms with Gasteiger partial charge >= 0.3 is 5.97 Å². The van der Waals surface area contributed by atoms with Gasteiger partial charge in [0.05, 0.1) is 22.7 Å². The van der Waals surface area contributed by atoms with Crippen molar-refractivity contribution in [3.8, 4) is 0 Å². The van der Waals surface area contributed by atoms with E-state index in [-0.39, 0.29) is 35.9 Å². The Labute approximate surface area is 255 Å². The Morgan fingerprint density at radius 1 is 1.14 bits per heavy atom. The lowest BCUT2D eigenvalue weighted by Gasteiger charge is -2.63. The summed E-state index contributed by atoms with van der Waals surface area (Å²) in [6.07, 6.45) is 1.17. The molecule has 1 aromatic heterocycles. The van der Waals surface area contributed by atoms with E-state index in [0.717, 1.165) is 16.6 Å². The lowest BCUT2D eigenvalue weighted by Crippen LogP contribution is -2.69. The second kappa shape index (κ2) is 9.85. The highest BCUT2D eigenvalue weighted by molar-refractivity contribution is 6.01. The van der Waals surface area contributed by atoms with Gasteiger partial charge in [-0.25, -0.2) is 8.78 Å². The van der Waals surface area contributed by atoms with Gasteiger partial charge in [-0.1, -0.05) is 37.3 Å². The standard InChI is InChI=1S/C35H38F2N2O5/c1-20(40)44-18-31(43)34-19-39(17-23-9-8-21-6-4-5-7-29(21)38-23)16-22(34)12-25-26-14-28(36)27-13-24(41)10-11-32(27,2)35(26,37)30(42)15-33(25,34)3/h4-11,13,22,25-26,28,30,42H,12,14-19H2,1-3H3/t22-,25-,26-,28-,30-,32-,33-,34+,35-/m0/s1. The highest BCUT2D eigenvalue weighted by Crippen LogP contribution is 2.74. The van der Waals surface area contributed by atoms with Crippen molar-refractivity contribution in [1.29, 1.82) is 0 Å². The quantitative estimate of drug-likeness (QED) is 0.494. The summed E-state index contributed by atoms with van der Waals surface area (Å²) in [6, 6.07) is 11.9. The molecule has 0 bridgehead atoms. The number of aliphatic hydroxyl groups is 1. The van der Waals surface area contributed by atoms with Gasteiger partial charge in [0.15, 0.2) is 23.8 Å². The number of Topliss-reactive ketones (excluding diaryl/α,β-unsaturated/α-hetero) is 1. The molecule has 0 unspecified atom stereocenters. The Bertz CT molecular complexity index is 1640. The van der Waals surface area contributed by atoms with Crippen molar-refractivity contribution < 1.29 is 33.0 Å². The van der Waals surface area contributed by atoms with Crippen LogP contribution in [0.4, 0.5) is 8.78 Å². The first-order valence-corrected chi connectivity index (χ1v) is 15.5. The third-order valence-electron chi connectivity index (χ3n) is 12.2. The van der Waals surface area contributed by atoms with Crippen LogP contribution in [-0.2, 0) is 25.7 Å². The number of nitrogens with zero attached hydrogens (tertiary/aromatic N) is 2. The zero-order valence-corrected chi connectivity index (χ0v) is 25.3. The summed E-state index contributed by atoms with van der Waals surface area (Å²) in [7, 11) is 0. The van der Waals surface area contributed by atoms with Crippen LogP contribution in [0.3, 0.4) is 0 Å². The van der Waals surface area contributed by atoms with Gasteiger partial charge in [0, 0.05) is 43.3 Å². The highest BCUT2D eigenvalue weighted by atomic mass is 19.1. The van der Waals surface area contributed by atoms with E-state index >= 15 is 8.78 Å². The molecule has 4 fully saturated rings. The molecule has 0 spiro atoms. The number of alkyl halides is 2. The number of fused-ring (bicyclic) bond motifs is 8. The molecular formula is C35H38F2N2O5. The Morgan fingerprint density at radius 2 is 1.91 bits per heavy atom. The molecule has 0 amide bonds. The number of carbonyl (C=O) groups excluding carboxylic acids is 3. The molecule has 0 radical (unpaired) electrons. The van der Waals surface area contributed by atoms with E-state index in [1.165, 1.54) is 25.2 Å². The van der Waals surface area contributed by atoms with Crippen LogP contribution in [0.2, 0.25) is 0 Å². The number of ketones is 2. The lowest BCUT2D eigenvalue weighted by molar-refractivity contribution is -0.212. The van der Waals surface area contributed by atoms with Gasteiger partial charge in [0.2, 0.25) is 0 Å². The molecule has 7 nitrogen and oxygen atoms in total. The second-order valence-electron chi connectivity index (χ2n) is 14.1. The average molecular weight is 605 g/mol. The average Bonchev–Trinajstić information content (AvgIpc) is 3.46. The minimum atomic E-state index is -2.21. The molecule has 9 heteroatoms. The van der Waals surface area contributed by atoms with Crippen LogP contribution in [0.25, 0.3) is 10.9 Å². The molecule has 1 aliphatic heterocycles. The summed E-state index contributed by atoms with van der Waals surface area (Å²) in [4.78, 5) is 45.3. The molecule has 7 rings (SSSR count). The molecule has 2 aromatic rings. The van der Waals surface area contributed by atoms with Crippen molar-refractivity contribution in [3.05, 3.63) is 65.9 Å². The molecule has 9 atom stereocenters. The van der Waals surface area contributed by atoms with E-state index < -0.39 is 58.6 Å². The van der Waals surface area contributed by atoms with Crippen LogP contribution in [-0.4, -0.2) is 70.2 Å². The first kappa shape index (κ1) is 29.4. The number of halogens is 2. The number of allylic oxidation sites excluding steroid dienone is 4. The number of hydrogen-bond acceptors (Lipinski definition) is 7. The fourth-order valence-corrected chi connectivity index (χ4v) is 10.2. The van der Waals surface area contributed by atoms with Crippen molar-refractivity contribution >= 4 is 28.4 Å². The van der Waals surface area contributed by atoms with Gasteiger partial charge in [-0.3, -0.25) is 24.3 Å². The number of ether oxygens (including phenoxy) is 1. The summed E-state index contributed by atoms with van der Waals surface area (Å²) in [5.74, 6) is -2.66. The van der Waals surface area contributed by atoms with Crippen molar-refractivity contribution in [2.75, 3.05) is 19.7 Å². The van der Waals surface area contributed by atoms with Gasteiger partial charge in [0.25, 0.3) is 0 Å². The summed E-state index contributed by atoms with van der Waals surface area (Å²) in [6.45, 7) is 5.78. The van der Waals surface area contributed by atoms with Crippen molar-refractivity contribution in [2.24, 2.45) is 34.0 Å². The monoisotopic (exact) mass is 604 g/mol. The van der Waals surface area contributed by atoms with Gasteiger partial charge in [0.1, 0.15) is 6.17 Å². The maximum absolute atomic E-state index is 17.7. The Hall–Kier alpha value is -3.30. The maximum Gasteiger partial charge on any atom is 0.303 e. The number of rotatable bonds is 5. The van der Waals surface area contributed by atoms with Crippen LogP contribution in [0.1, 0.15) is 45.7 Å². The summed E-state index contributed by atoms with van der Waals surface area (Å²) >= 11 is 0. The smallest absolute Gasteiger partial charge is 0.303 e. The molecule has 1 aromatic carbocycles. The molecule has 44 heavy (non-hydrogen) atoms. The SMILES string of the molecule is CC(=O)OCC(=O)[C@@]12CN(Cc3ccc4ccccc4n3)C[C@@H]1C[C@H]1[C@@H]3C[C@H](F)C4=CC(=O)C=C[C@]4(C)[C@@]3(F)[C@@H](O)C[C@@]12C. The third kappa shape index (κ3) is 3.84. The highest BCUT2D eigenvalue weighted by Gasteiger charge is 2.78. The number of likely N-dealkylation sites (tertiary alicyclic amines) is 1. The molecule has 4 aliphatic carbocycles. The number of aliphatic hydroxyl groups excluding tert-OH is 1. The van der Waals surface area contributed by atoms with E-state index in [1.54, 1.807) is 6.92 Å². The number of pyridine rings is 1. The largest absolute Gasteiger partial charge is 0.458 e. The van der Waals surface area contributed by atoms with Crippen molar-refractivity contribution in [1.82, 2.24) is 9.88 Å². The summed E-state index contributed by atoms with van der Waals surface area (Å²) < 4.78 is 38.9. The van der Waals surface area contributed by atoms with Crippen LogP contribution in [0.15, 0.2) is 60.2 Å². The Kier molecular flexibility index (Phi) is 6.58. The fraction of sp³-hybridized carbons (Fsp3) is 0.543. The molecular weight excluding hydrogens is 566 g/mol. The fourth-order valence-electron chi connectivity index (χ4n) is 10.2. The van der Waals surface area contributed by atoms with E-state index in [1.807, 2.05) is 43.3 Å². The normalized spacial score (nSPS) is 41.0. The van der Waals surface area contributed by atoms with Gasteiger partial charge in [-0.15, -0.1) is 0 Å². The van der Waals surface area contributed by atoms with E-state index in [2.05, 4.69) is 4.90 Å². The maximum atomic E-state index is 17.7. The van der Waals surface area contributed by atoms with Crippen LogP contribution >= 0.6 is 0 Å². The summed E-state index contributed by atoms with van der Waals surface area (Å²) in [5.41, 5.74) is -3.79. The predicted molar refractivity (Wildman–Crippen MR) is 159 cm³/mol. The van der Waals surface area contributed by atoms with Gasteiger partial charge in [-0.2, -0.15) is 0 Å². The topological polar surface area (TPSA) is 96.8 Å². The Morgan fingerprint density at radius 3 is 2.68 bits per heavy atom.